The lowest BCUT2D eigenvalue weighted by atomic mass is 9.89. The van der Waals surface area contributed by atoms with Gasteiger partial charge in [0.1, 0.15) is 0 Å². The highest BCUT2D eigenvalue weighted by atomic mass is 15.1. The summed E-state index contributed by atoms with van der Waals surface area (Å²) < 4.78 is 0. The Balaban J connectivity index is 2.18. The molecule has 0 radical (unpaired) electrons. The first-order valence-corrected chi connectivity index (χ1v) is 7.68. The molecule has 0 spiro atoms. The molecule has 2 heteroatoms. The van der Waals surface area contributed by atoms with Crippen molar-refractivity contribution in [1.82, 2.24) is 10.2 Å². The van der Waals surface area contributed by atoms with Gasteiger partial charge in [-0.3, -0.25) is 0 Å². The SMILES string of the molecule is CCCNC(CC)CN(C)CC1CCCCC1. The lowest BCUT2D eigenvalue weighted by Crippen LogP contribution is -2.41. The molecule has 0 saturated heterocycles. The summed E-state index contributed by atoms with van der Waals surface area (Å²) in [6, 6.07) is 0.684. The molecule has 0 amide bonds. The van der Waals surface area contributed by atoms with Crippen LogP contribution in [0, 0.1) is 5.92 Å². The molecule has 0 heterocycles. The van der Waals surface area contributed by atoms with Crippen LogP contribution in [0.2, 0.25) is 0 Å². The Kier molecular flexibility index (Phi) is 7.87. The third kappa shape index (κ3) is 6.42. The molecule has 0 aromatic carbocycles. The van der Waals surface area contributed by atoms with Crippen molar-refractivity contribution in [3.05, 3.63) is 0 Å². The zero-order valence-electron chi connectivity index (χ0n) is 12.2. The van der Waals surface area contributed by atoms with Crippen LogP contribution in [0.4, 0.5) is 0 Å². The summed E-state index contributed by atoms with van der Waals surface area (Å²) in [6.07, 6.45) is 9.80. The molecule has 1 aliphatic rings. The van der Waals surface area contributed by atoms with E-state index in [4.69, 9.17) is 0 Å². The fraction of sp³-hybridized carbons (Fsp3) is 1.00. The second-order valence-corrected chi connectivity index (χ2v) is 5.78. The molecule has 1 aliphatic carbocycles. The summed E-state index contributed by atoms with van der Waals surface area (Å²) in [4.78, 5) is 2.55. The van der Waals surface area contributed by atoms with E-state index in [-0.39, 0.29) is 0 Å². The lowest BCUT2D eigenvalue weighted by Gasteiger charge is -2.29. The maximum atomic E-state index is 3.65. The van der Waals surface area contributed by atoms with Gasteiger partial charge in [-0.1, -0.05) is 33.1 Å². The molecular formula is C15H32N2. The highest BCUT2D eigenvalue weighted by molar-refractivity contribution is 4.73. The molecule has 1 fully saturated rings. The Hall–Kier alpha value is -0.0800. The molecule has 0 aromatic rings. The predicted molar refractivity (Wildman–Crippen MR) is 76.4 cm³/mol. The predicted octanol–water partition coefficient (Wildman–Crippen LogP) is 3.28. The molecule has 1 atom stereocenters. The monoisotopic (exact) mass is 240 g/mol. The average Bonchev–Trinajstić information content (AvgIpc) is 2.35. The topological polar surface area (TPSA) is 15.3 Å². The minimum Gasteiger partial charge on any atom is -0.313 e. The van der Waals surface area contributed by atoms with Gasteiger partial charge in [0.2, 0.25) is 0 Å². The van der Waals surface area contributed by atoms with Gasteiger partial charge < -0.3 is 10.2 Å². The third-order valence-electron chi connectivity index (χ3n) is 4.00. The normalized spacial score (nSPS) is 19.8. The van der Waals surface area contributed by atoms with E-state index < -0.39 is 0 Å². The van der Waals surface area contributed by atoms with Crippen LogP contribution in [0.25, 0.3) is 0 Å². The fourth-order valence-corrected chi connectivity index (χ4v) is 2.95. The van der Waals surface area contributed by atoms with E-state index in [2.05, 4.69) is 31.1 Å². The second-order valence-electron chi connectivity index (χ2n) is 5.78. The van der Waals surface area contributed by atoms with E-state index in [1.165, 1.54) is 58.0 Å². The van der Waals surface area contributed by atoms with Crippen molar-refractivity contribution in [1.29, 1.82) is 0 Å². The molecular weight excluding hydrogens is 208 g/mol. The van der Waals surface area contributed by atoms with Gasteiger partial charge in [-0.05, 0) is 45.2 Å². The molecule has 0 bridgehead atoms. The van der Waals surface area contributed by atoms with Crippen LogP contribution in [0.3, 0.4) is 0 Å². The molecule has 1 rings (SSSR count). The van der Waals surface area contributed by atoms with Crippen molar-refractivity contribution >= 4 is 0 Å². The van der Waals surface area contributed by atoms with E-state index in [0.29, 0.717) is 6.04 Å². The van der Waals surface area contributed by atoms with Crippen molar-refractivity contribution in [3.8, 4) is 0 Å². The summed E-state index contributed by atoms with van der Waals surface area (Å²) in [6.45, 7) is 8.22. The van der Waals surface area contributed by atoms with E-state index in [9.17, 15) is 0 Å². The van der Waals surface area contributed by atoms with Gasteiger partial charge in [-0.2, -0.15) is 0 Å². The molecule has 1 unspecified atom stereocenters. The van der Waals surface area contributed by atoms with Crippen molar-refractivity contribution in [2.45, 2.75) is 64.8 Å². The number of hydrogen-bond donors (Lipinski definition) is 1. The van der Waals surface area contributed by atoms with Crippen molar-refractivity contribution in [3.63, 3.8) is 0 Å². The van der Waals surface area contributed by atoms with E-state index in [1.807, 2.05) is 0 Å². The summed E-state index contributed by atoms with van der Waals surface area (Å²) in [7, 11) is 2.30. The zero-order chi connectivity index (χ0) is 12.5. The Morgan fingerprint density at radius 1 is 1.18 bits per heavy atom. The minimum absolute atomic E-state index is 0.684. The standard InChI is InChI=1S/C15H32N2/c1-4-11-16-15(5-2)13-17(3)12-14-9-7-6-8-10-14/h14-16H,4-13H2,1-3H3. The molecule has 102 valence electrons. The molecule has 0 aromatic heterocycles. The van der Waals surface area contributed by atoms with Gasteiger partial charge in [0.25, 0.3) is 0 Å². The number of nitrogens with one attached hydrogen (secondary N) is 1. The zero-order valence-corrected chi connectivity index (χ0v) is 12.2. The van der Waals surface area contributed by atoms with Crippen molar-refractivity contribution < 1.29 is 0 Å². The van der Waals surface area contributed by atoms with E-state index in [0.717, 1.165) is 12.5 Å². The molecule has 2 nitrogen and oxygen atoms in total. The van der Waals surface area contributed by atoms with Gasteiger partial charge in [0, 0.05) is 19.1 Å². The third-order valence-corrected chi connectivity index (χ3v) is 4.00. The maximum absolute atomic E-state index is 3.65. The van der Waals surface area contributed by atoms with Crippen LogP contribution in [-0.2, 0) is 0 Å². The number of nitrogens with zero attached hydrogens (tertiary/aromatic N) is 1. The van der Waals surface area contributed by atoms with Crippen molar-refractivity contribution in [2.24, 2.45) is 5.92 Å². The Bertz CT molecular complexity index is 176. The molecule has 1 N–H and O–H groups in total. The van der Waals surface area contributed by atoms with E-state index in [1.54, 1.807) is 0 Å². The van der Waals surface area contributed by atoms with Gasteiger partial charge in [-0.25, -0.2) is 0 Å². The largest absolute Gasteiger partial charge is 0.313 e. The van der Waals surface area contributed by atoms with Crippen LogP contribution < -0.4 is 5.32 Å². The first kappa shape index (κ1) is 15.0. The summed E-state index contributed by atoms with van der Waals surface area (Å²) in [5.74, 6) is 0.970. The quantitative estimate of drug-likeness (QED) is 0.700. The highest BCUT2D eigenvalue weighted by Crippen LogP contribution is 2.24. The van der Waals surface area contributed by atoms with Gasteiger partial charge in [0.05, 0.1) is 0 Å². The average molecular weight is 240 g/mol. The number of rotatable bonds is 8. The van der Waals surface area contributed by atoms with Crippen LogP contribution in [0.5, 0.6) is 0 Å². The van der Waals surface area contributed by atoms with Gasteiger partial charge in [0.15, 0.2) is 0 Å². The fourth-order valence-electron chi connectivity index (χ4n) is 2.95. The minimum atomic E-state index is 0.684. The molecule has 1 saturated carbocycles. The summed E-state index contributed by atoms with van der Waals surface area (Å²) in [5.41, 5.74) is 0. The molecule has 17 heavy (non-hydrogen) atoms. The maximum Gasteiger partial charge on any atom is 0.0192 e. The first-order chi connectivity index (χ1) is 8.26. The second kappa shape index (κ2) is 8.93. The lowest BCUT2D eigenvalue weighted by molar-refractivity contribution is 0.214. The summed E-state index contributed by atoms with van der Waals surface area (Å²) >= 11 is 0. The smallest absolute Gasteiger partial charge is 0.0192 e. The van der Waals surface area contributed by atoms with Crippen LogP contribution in [0.15, 0.2) is 0 Å². The van der Waals surface area contributed by atoms with E-state index >= 15 is 0 Å². The van der Waals surface area contributed by atoms with Gasteiger partial charge >= 0.3 is 0 Å². The first-order valence-electron chi connectivity index (χ1n) is 7.68. The Morgan fingerprint density at radius 2 is 1.88 bits per heavy atom. The Morgan fingerprint density at radius 3 is 2.47 bits per heavy atom. The van der Waals surface area contributed by atoms with Gasteiger partial charge in [-0.15, -0.1) is 0 Å². The Labute approximate surface area is 108 Å². The van der Waals surface area contributed by atoms with Crippen molar-refractivity contribution in [2.75, 3.05) is 26.7 Å². The van der Waals surface area contributed by atoms with Crippen LogP contribution in [0.1, 0.15) is 58.8 Å². The number of hydrogen-bond acceptors (Lipinski definition) is 2. The van der Waals surface area contributed by atoms with Crippen LogP contribution in [-0.4, -0.2) is 37.6 Å². The highest BCUT2D eigenvalue weighted by Gasteiger charge is 2.16. The molecule has 0 aliphatic heterocycles. The van der Waals surface area contributed by atoms with Crippen LogP contribution >= 0.6 is 0 Å². The summed E-state index contributed by atoms with van der Waals surface area (Å²) in [5, 5.41) is 3.65. The number of likely N-dealkylation sites (N-methyl/N-ethyl adjacent to an activating group) is 1.